The minimum absolute atomic E-state index is 0.129. The molecule has 0 saturated carbocycles. The van der Waals surface area contributed by atoms with E-state index in [1.54, 1.807) is 23.1 Å². The Bertz CT molecular complexity index is 921. The van der Waals surface area contributed by atoms with E-state index in [0.29, 0.717) is 29.5 Å². The number of fused-ring (bicyclic) bond motifs is 1. The van der Waals surface area contributed by atoms with E-state index in [1.807, 2.05) is 24.3 Å². The van der Waals surface area contributed by atoms with Crippen LogP contribution in [0.2, 0.25) is 0 Å². The largest absolute Gasteiger partial charge is 0.506 e. The lowest BCUT2D eigenvalue weighted by Crippen LogP contribution is -2.36. The highest BCUT2D eigenvalue weighted by Crippen LogP contribution is 2.41. The predicted octanol–water partition coefficient (Wildman–Crippen LogP) is 3.33. The van der Waals surface area contributed by atoms with Gasteiger partial charge in [0.2, 0.25) is 0 Å². The summed E-state index contributed by atoms with van der Waals surface area (Å²) in [7, 11) is 0. The Balaban J connectivity index is 1.73. The number of H-pyrrole nitrogens is 1. The Morgan fingerprint density at radius 2 is 2.12 bits per heavy atom. The molecule has 0 spiro atoms. The van der Waals surface area contributed by atoms with Gasteiger partial charge >= 0.3 is 0 Å². The van der Waals surface area contributed by atoms with E-state index in [1.165, 1.54) is 6.33 Å². The molecule has 3 aromatic rings. The van der Waals surface area contributed by atoms with E-state index in [9.17, 15) is 9.90 Å². The molecule has 1 aliphatic heterocycles. The number of nitrogens with one attached hydrogen (secondary N) is 1. The molecule has 4 rings (SSSR count). The van der Waals surface area contributed by atoms with E-state index < -0.39 is 0 Å². The van der Waals surface area contributed by atoms with E-state index in [0.717, 1.165) is 17.5 Å². The van der Waals surface area contributed by atoms with Crippen molar-refractivity contribution in [3.05, 3.63) is 59.9 Å². The van der Waals surface area contributed by atoms with Crippen molar-refractivity contribution in [2.45, 2.75) is 19.3 Å². The monoisotopic (exact) mass is 334 g/mol. The maximum atomic E-state index is 13.1. The van der Waals surface area contributed by atoms with Crippen LogP contribution in [0.3, 0.4) is 0 Å². The van der Waals surface area contributed by atoms with Crippen molar-refractivity contribution < 1.29 is 9.90 Å². The van der Waals surface area contributed by atoms with Crippen LogP contribution in [0, 0.1) is 0 Å². The van der Waals surface area contributed by atoms with Gasteiger partial charge in [-0.3, -0.25) is 9.89 Å². The fourth-order valence-electron chi connectivity index (χ4n) is 3.33. The number of anilines is 1. The Labute approximate surface area is 145 Å². The zero-order chi connectivity index (χ0) is 17.4. The summed E-state index contributed by atoms with van der Waals surface area (Å²) >= 11 is 0. The predicted molar refractivity (Wildman–Crippen MR) is 94.6 cm³/mol. The molecule has 1 aliphatic rings. The number of hydrogen-bond donors (Lipinski definition) is 2. The Morgan fingerprint density at radius 3 is 2.92 bits per heavy atom. The maximum absolute atomic E-state index is 13.1. The van der Waals surface area contributed by atoms with E-state index in [4.69, 9.17) is 0 Å². The summed E-state index contributed by atoms with van der Waals surface area (Å²) in [5.74, 6) is 0.941. The number of carbonyl (C=O) groups is 1. The third-order valence-corrected chi connectivity index (χ3v) is 4.68. The van der Waals surface area contributed by atoms with Crippen molar-refractivity contribution in [1.29, 1.82) is 0 Å². The van der Waals surface area contributed by atoms with Crippen molar-refractivity contribution in [2.24, 2.45) is 0 Å². The van der Waals surface area contributed by atoms with Crippen LogP contribution in [0.15, 0.2) is 48.8 Å². The third-order valence-electron chi connectivity index (χ3n) is 4.68. The Morgan fingerprint density at radius 1 is 1.28 bits per heavy atom. The lowest BCUT2D eigenvalue weighted by atomic mass is 9.90. The summed E-state index contributed by atoms with van der Waals surface area (Å²) in [6, 6.07) is 12.7. The molecule has 2 heterocycles. The maximum Gasteiger partial charge on any atom is 0.258 e. The number of aromatic amines is 1. The second-order valence-electron chi connectivity index (χ2n) is 6.28. The normalized spacial score (nSPS) is 16.5. The van der Waals surface area contributed by atoms with Gasteiger partial charge < -0.3 is 10.0 Å². The quantitative estimate of drug-likeness (QED) is 0.753. The van der Waals surface area contributed by atoms with Crippen molar-refractivity contribution in [3.8, 4) is 17.1 Å². The summed E-state index contributed by atoms with van der Waals surface area (Å²) in [6.45, 7) is 2.70. The first-order chi connectivity index (χ1) is 12.1. The standard InChI is InChI=1S/C19H18N4O2/c1-12-8-9-23(17-15(12)6-3-7-16(17)24)19(25)14-5-2-4-13(10-14)18-20-11-21-22-18/h2-7,10-12,24H,8-9H2,1H3,(H,20,21,22). The number of phenols is 1. The van der Waals surface area contributed by atoms with Crippen molar-refractivity contribution in [1.82, 2.24) is 15.2 Å². The fraction of sp³-hybridized carbons (Fsp3) is 0.211. The van der Waals surface area contributed by atoms with Gasteiger partial charge in [-0.25, -0.2) is 4.98 Å². The first-order valence-corrected chi connectivity index (χ1v) is 8.24. The van der Waals surface area contributed by atoms with E-state index >= 15 is 0 Å². The fourth-order valence-corrected chi connectivity index (χ4v) is 3.33. The van der Waals surface area contributed by atoms with Gasteiger partial charge in [-0.2, -0.15) is 5.10 Å². The number of carbonyl (C=O) groups excluding carboxylic acids is 1. The molecular weight excluding hydrogens is 316 g/mol. The van der Waals surface area contributed by atoms with Crippen LogP contribution < -0.4 is 4.90 Å². The zero-order valence-electron chi connectivity index (χ0n) is 13.8. The summed E-state index contributed by atoms with van der Waals surface area (Å²) < 4.78 is 0. The molecule has 0 fully saturated rings. The van der Waals surface area contributed by atoms with Crippen LogP contribution in [-0.2, 0) is 0 Å². The molecule has 2 aromatic carbocycles. The number of amides is 1. The number of nitrogens with zero attached hydrogens (tertiary/aromatic N) is 3. The summed E-state index contributed by atoms with van der Waals surface area (Å²) in [5.41, 5.74) is 2.98. The van der Waals surface area contributed by atoms with Gasteiger partial charge in [0.25, 0.3) is 5.91 Å². The number of hydrogen-bond acceptors (Lipinski definition) is 4. The number of para-hydroxylation sites is 1. The number of benzene rings is 2. The van der Waals surface area contributed by atoms with Crippen LogP contribution in [0.25, 0.3) is 11.4 Å². The van der Waals surface area contributed by atoms with Crippen molar-refractivity contribution in [2.75, 3.05) is 11.4 Å². The molecule has 0 saturated heterocycles. The summed E-state index contributed by atoms with van der Waals surface area (Å²) in [5, 5.41) is 17.0. The van der Waals surface area contributed by atoms with E-state index in [-0.39, 0.29) is 11.7 Å². The second-order valence-corrected chi connectivity index (χ2v) is 6.28. The number of aromatic nitrogens is 3. The highest BCUT2D eigenvalue weighted by atomic mass is 16.3. The average Bonchev–Trinajstić information content (AvgIpc) is 3.17. The highest BCUT2D eigenvalue weighted by Gasteiger charge is 2.29. The van der Waals surface area contributed by atoms with Crippen LogP contribution >= 0.6 is 0 Å². The van der Waals surface area contributed by atoms with Crippen LogP contribution in [-0.4, -0.2) is 32.7 Å². The first-order valence-electron chi connectivity index (χ1n) is 8.24. The smallest absolute Gasteiger partial charge is 0.258 e. The van der Waals surface area contributed by atoms with Gasteiger partial charge in [0.05, 0.1) is 5.69 Å². The van der Waals surface area contributed by atoms with Gasteiger partial charge in [-0.15, -0.1) is 0 Å². The third kappa shape index (κ3) is 2.65. The molecule has 1 amide bonds. The van der Waals surface area contributed by atoms with Crippen LogP contribution in [0.4, 0.5) is 5.69 Å². The molecule has 0 radical (unpaired) electrons. The summed E-state index contributed by atoms with van der Waals surface area (Å²) in [6.07, 6.45) is 2.30. The molecule has 0 aliphatic carbocycles. The lowest BCUT2D eigenvalue weighted by molar-refractivity contribution is 0.0983. The van der Waals surface area contributed by atoms with Crippen LogP contribution in [0.5, 0.6) is 5.75 Å². The molecule has 6 heteroatoms. The first kappa shape index (κ1) is 15.4. The molecule has 126 valence electrons. The minimum Gasteiger partial charge on any atom is -0.506 e. The molecule has 1 aromatic heterocycles. The van der Waals surface area contributed by atoms with E-state index in [2.05, 4.69) is 22.1 Å². The van der Waals surface area contributed by atoms with Crippen LogP contribution in [0.1, 0.15) is 35.2 Å². The SMILES string of the molecule is CC1CCN(C(=O)c2cccc(-c3ncn[nH]3)c2)c2c(O)cccc21. The topological polar surface area (TPSA) is 82.1 Å². The van der Waals surface area contributed by atoms with Gasteiger partial charge in [0.15, 0.2) is 5.82 Å². The number of aromatic hydroxyl groups is 1. The highest BCUT2D eigenvalue weighted by molar-refractivity contribution is 6.08. The average molecular weight is 334 g/mol. The van der Waals surface area contributed by atoms with Gasteiger partial charge in [-0.05, 0) is 36.1 Å². The lowest BCUT2D eigenvalue weighted by Gasteiger charge is -2.33. The minimum atomic E-state index is -0.129. The molecule has 1 unspecified atom stereocenters. The molecule has 6 nitrogen and oxygen atoms in total. The van der Waals surface area contributed by atoms with Gasteiger partial charge in [-0.1, -0.05) is 31.2 Å². The Hall–Kier alpha value is -3.15. The second kappa shape index (κ2) is 6.05. The van der Waals surface area contributed by atoms with Gasteiger partial charge in [0.1, 0.15) is 12.1 Å². The molecule has 25 heavy (non-hydrogen) atoms. The molecule has 1 atom stereocenters. The number of phenolic OH excluding ortho intramolecular Hbond substituents is 1. The summed E-state index contributed by atoms with van der Waals surface area (Å²) in [4.78, 5) is 18.9. The molecule has 0 bridgehead atoms. The molecule has 2 N–H and O–H groups in total. The zero-order valence-corrected chi connectivity index (χ0v) is 13.8. The Kier molecular flexibility index (Phi) is 3.72. The van der Waals surface area contributed by atoms with Crippen molar-refractivity contribution >= 4 is 11.6 Å². The molecular formula is C19H18N4O2. The van der Waals surface area contributed by atoms with Crippen molar-refractivity contribution in [3.63, 3.8) is 0 Å². The number of rotatable bonds is 2. The van der Waals surface area contributed by atoms with Gasteiger partial charge in [0, 0.05) is 17.7 Å².